The molecule has 0 unspecified atom stereocenters. The van der Waals surface area contributed by atoms with Crippen molar-refractivity contribution in [1.29, 1.82) is 0 Å². The molecule has 2 rings (SSSR count). The number of aryl methyl sites for hydroxylation is 1. The molecule has 6 nitrogen and oxygen atoms in total. The molecule has 130 valence electrons. The van der Waals surface area contributed by atoms with Crippen LogP contribution in [0.4, 0.5) is 0 Å². The molecule has 0 spiro atoms. The van der Waals surface area contributed by atoms with Crippen LogP contribution in [-0.4, -0.2) is 27.4 Å². The van der Waals surface area contributed by atoms with Crippen molar-refractivity contribution < 1.29 is 9.59 Å². The maximum Gasteiger partial charge on any atom is 0.253 e. The molecule has 0 bridgehead atoms. The van der Waals surface area contributed by atoms with Crippen molar-refractivity contribution in [2.24, 2.45) is 0 Å². The zero-order valence-corrected chi connectivity index (χ0v) is 14.6. The Balaban J connectivity index is 2.28. The fourth-order valence-corrected chi connectivity index (χ4v) is 2.83. The van der Waals surface area contributed by atoms with Crippen LogP contribution >= 0.6 is 0 Å². The van der Waals surface area contributed by atoms with Crippen molar-refractivity contribution in [3.8, 4) is 12.3 Å². The second-order valence-corrected chi connectivity index (χ2v) is 5.72. The largest absolute Gasteiger partial charge is 0.349 e. The standard InChI is InChI=1S/C19H21N3O3/c1-5-9-20-19(25)15-7-8-18(24)21(11-15)12-17(23)16-10-13(3)22(6-2)14(16)4/h1,7-8,10-11H,6,9,12H2,2-4H3,(H,20,25). The number of hydrogen-bond donors (Lipinski definition) is 1. The number of hydrogen-bond acceptors (Lipinski definition) is 3. The fraction of sp³-hybridized carbons (Fsp3) is 0.316. The van der Waals surface area contributed by atoms with Crippen LogP contribution in [0.1, 0.15) is 39.0 Å². The lowest BCUT2D eigenvalue weighted by Crippen LogP contribution is -2.28. The summed E-state index contributed by atoms with van der Waals surface area (Å²) in [6, 6.07) is 4.52. The molecule has 2 heterocycles. The van der Waals surface area contributed by atoms with Gasteiger partial charge in [-0.05, 0) is 32.9 Å². The maximum atomic E-state index is 12.6. The number of nitrogens with zero attached hydrogens (tertiary/aromatic N) is 2. The summed E-state index contributed by atoms with van der Waals surface area (Å²) in [6.07, 6.45) is 6.49. The number of terminal acetylenes is 1. The van der Waals surface area contributed by atoms with E-state index in [2.05, 4.69) is 11.2 Å². The summed E-state index contributed by atoms with van der Waals surface area (Å²) in [5.74, 6) is 1.75. The summed E-state index contributed by atoms with van der Waals surface area (Å²) in [4.78, 5) is 36.6. The summed E-state index contributed by atoms with van der Waals surface area (Å²) < 4.78 is 3.28. The molecule has 2 aromatic heterocycles. The summed E-state index contributed by atoms with van der Waals surface area (Å²) in [5, 5.41) is 2.53. The summed E-state index contributed by atoms with van der Waals surface area (Å²) in [5.41, 5.74) is 2.40. The van der Waals surface area contributed by atoms with Gasteiger partial charge in [-0.3, -0.25) is 14.4 Å². The smallest absolute Gasteiger partial charge is 0.253 e. The first-order valence-electron chi connectivity index (χ1n) is 8.01. The van der Waals surface area contributed by atoms with Gasteiger partial charge in [0, 0.05) is 35.8 Å². The van der Waals surface area contributed by atoms with E-state index in [0.717, 1.165) is 17.9 Å². The number of Topliss-reactive ketones (excluding diaryl/α,β-unsaturated/α-hetero) is 1. The van der Waals surface area contributed by atoms with E-state index in [0.29, 0.717) is 5.56 Å². The number of carbonyl (C=O) groups is 2. The van der Waals surface area contributed by atoms with Crippen molar-refractivity contribution in [2.45, 2.75) is 33.9 Å². The lowest BCUT2D eigenvalue weighted by Gasteiger charge is -2.08. The van der Waals surface area contributed by atoms with Crippen LogP contribution in [0.3, 0.4) is 0 Å². The lowest BCUT2D eigenvalue weighted by atomic mass is 10.1. The van der Waals surface area contributed by atoms with Gasteiger partial charge in [-0.1, -0.05) is 5.92 Å². The number of amides is 1. The van der Waals surface area contributed by atoms with Crippen LogP contribution in [-0.2, 0) is 13.1 Å². The third-order valence-electron chi connectivity index (χ3n) is 4.10. The van der Waals surface area contributed by atoms with E-state index < -0.39 is 0 Å². The third-order valence-corrected chi connectivity index (χ3v) is 4.10. The molecule has 0 aliphatic rings. The first kappa shape index (κ1) is 18.3. The molecule has 1 N–H and O–H groups in total. The Hall–Kier alpha value is -3.07. The molecule has 1 amide bonds. The van der Waals surface area contributed by atoms with Crippen LogP contribution in [0.15, 0.2) is 29.2 Å². The van der Waals surface area contributed by atoms with Gasteiger partial charge >= 0.3 is 0 Å². The molecule has 0 aromatic carbocycles. The number of rotatable bonds is 6. The highest BCUT2D eigenvalue weighted by Crippen LogP contribution is 2.16. The number of aromatic nitrogens is 2. The minimum absolute atomic E-state index is 0.0971. The molecule has 0 aliphatic carbocycles. The van der Waals surface area contributed by atoms with Crippen LogP contribution in [0.25, 0.3) is 0 Å². The van der Waals surface area contributed by atoms with E-state index in [4.69, 9.17) is 6.42 Å². The van der Waals surface area contributed by atoms with E-state index in [9.17, 15) is 14.4 Å². The minimum atomic E-state index is -0.386. The van der Waals surface area contributed by atoms with Gasteiger partial charge < -0.3 is 14.5 Å². The first-order chi connectivity index (χ1) is 11.9. The van der Waals surface area contributed by atoms with Crippen LogP contribution in [0, 0.1) is 26.2 Å². The summed E-state index contributed by atoms with van der Waals surface area (Å²) in [7, 11) is 0. The summed E-state index contributed by atoms with van der Waals surface area (Å²) >= 11 is 0. The van der Waals surface area contributed by atoms with Gasteiger partial charge in [-0.2, -0.15) is 0 Å². The molecule has 0 atom stereocenters. The molecule has 25 heavy (non-hydrogen) atoms. The van der Waals surface area contributed by atoms with Crippen molar-refractivity contribution in [3.63, 3.8) is 0 Å². The zero-order valence-electron chi connectivity index (χ0n) is 14.6. The van der Waals surface area contributed by atoms with Crippen molar-refractivity contribution in [1.82, 2.24) is 14.5 Å². The Labute approximate surface area is 146 Å². The van der Waals surface area contributed by atoms with Gasteiger partial charge in [0.2, 0.25) is 0 Å². The fourth-order valence-electron chi connectivity index (χ4n) is 2.83. The third kappa shape index (κ3) is 3.89. The van der Waals surface area contributed by atoms with Crippen molar-refractivity contribution in [3.05, 3.63) is 57.3 Å². The van der Waals surface area contributed by atoms with Gasteiger partial charge in [-0.15, -0.1) is 6.42 Å². The molecular formula is C19H21N3O3. The highest BCUT2D eigenvalue weighted by molar-refractivity contribution is 5.97. The molecule has 0 saturated carbocycles. The second-order valence-electron chi connectivity index (χ2n) is 5.72. The predicted octanol–water partition coefficient (Wildman–Crippen LogP) is 1.53. The van der Waals surface area contributed by atoms with Gasteiger partial charge in [-0.25, -0.2) is 0 Å². The highest BCUT2D eigenvalue weighted by atomic mass is 16.2. The quantitative estimate of drug-likeness (QED) is 0.641. The van der Waals surface area contributed by atoms with Crippen molar-refractivity contribution in [2.75, 3.05) is 6.54 Å². The monoisotopic (exact) mass is 339 g/mol. The van der Waals surface area contributed by atoms with Crippen LogP contribution in [0.2, 0.25) is 0 Å². The van der Waals surface area contributed by atoms with E-state index in [1.165, 1.54) is 22.9 Å². The molecule has 0 fully saturated rings. The van der Waals surface area contributed by atoms with Crippen molar-refractivity contribution >= 4 is 11.7 Å². The lowest BCUT2D eigenvalue weighted by molar-refractivity contribution is 0.0947. The van der Waals surface area contributed by atoms with Gasteiger partial charge in [0.05, 0.1) is 18.7 Å². The number of nitrogens with one attached hydrogen (secondary N) is 1. The predicted molar refractivity (Wildman–Crippen MR) is 95.8 cm³/mol. The zero-order chi connectivity index (χ0) is 18.6. The molecule has 0 aliphatic heterocycles. The molecule has 6 heteroatoms. The van der Waals surface area contributed by atoms with E-state index in [-0.39, 0.29) is 35.9 Å². The Morgan fingerprint density at radius 1 is 1.28 bits per heavy atom. The van der Waals surface area contributed by atoms with Gasteiger partial charge in [0.25, 0.3) is 11.5 Å². The molecular weight excluding hydrogens is 318 g/mol. The number of pyridine rings is 1. The Kier molecular flexibility index (Phi) is 5.60. The minimum Gasteiger partial charge on any atom is -0.349 e. The van der Waals surface area contributed by atoms with E-state index in [1.807, 2.05) is 31.4 Å². The number of carbonyl (C=O) groups excluding carboxylic acids is 2. The SMILES string of the molecule is C#CCNC(=O)c1ccc(=O)n(CC(=O)c2cc(C)n(CC)c2C)c1. The Morgan fingerprint density at radius 2 is 2.00 bits per heavy atom. The highest BCUT2D eigenvalue weighted by Gasteiger charge is 2.16. The van der Waals surface area contributed by atoms with Crippen LogP contribution in [0.5, 0.6) is 0 Å². The Bertz CT molecular complexity index is 913. The van der Waals surface area contributed by atoms with E-state index in [1.54, 1.807) is 0 Å². The summed E-state index contributed by atoms with van der Waals surface area (Å²) in [6.45, 7) is 6.59. The van der Waals surface area contributed by atoms with Gasteiger partial charge in [0.15, 0.2) is 5.78 Å². The molecule has 2 aromatic rings. The first-order valence-corrected chi connectivity index (χ1v) is 8.01. The molecule has 0 saturated heterocycles. The second kappa shape index (κ2) is 7.67. The average molecular weight is 339 g/mol. The van der Waals surface area contributed by atoms with E-state index >= 15 is 0 Å². The Morgan fingerprint density at radius 3 is 2.60 bits per heavy atom. The van der Waals surface area contributed by atoms with Gasteiger partial charge in [0.1, 0.15) is 0 Å². The topological polar surface area (TPSA) is 73.1 Å². The molecule has 0 radical (unpaired) electrons. The normalized spacial score (nSPS) is 10.3. The number of ketones is 1. The average Bonchev–Trinajstić information content (AvgIpc) is 2.88. The maximum absolute atomic E-state index is 12.6. The van der Waals surface area contributed by atoms with Crippen LogP contribution < -0.4 is 10.9 Å².